The number of benzene rings is 2. The van der Waals surface area contributed by atoms with E-state index in [0.29, 0.717) is 17.9 Å². The average molecular weight is 282 g/mol. The van der Waals surface area contributed by atoms with Gasteiger partial charge >= 0.3 is 0 Å². The molecule has 4 nitrogen and oxygen atoms in total. The predicted molar refractivity (Wildman–Crippen MR) is 83.3 cm³/mol. The number of nitrogens with one attached hydrogen (secondary N) is 1. The molecule has 0 atom stereocenters. The first-order valence-electron chi connectivity index (χ1n) is 7.04. The molecule has 0 bridgehead atoms. The first kappa shape index (κ1) is 13.6. The van der Waals surface area contributed by atoms with Crippen LogP contribution in [-0.2, 0) is 0 Å². The Morgan fingerprint density at radius 3 is 2.76 bits per heavy atom. The second-order valence-corrected chi connectivity index (χ2v) is 5.13. The van der Waals surface area contributed by atoms with Gasteiger partial charge in [-0.25, -0.2) is 0 Å². The highest BCUT2D eigenvalue weighted by atomic mass is 16.5. The van der Waals surface area contributed by atoms with Crippen LogP contribution in [0.15, 0.2) is 42.5 Å². The summed E-state index contributed by atoms with van der Waals surface area (Å²) in [6.07, 6.45) is 0. The van der Waals surface area contributed by atoms with Gasteiger partial charge in [-0.1, -0.05) is 18.2 Å². The summed E-state index contributed by atoms with van der Waals surface area (Å²) in [5, 5.41) is 3.09. The first-order valence-corrected chi connectivity index (χ1v) is 7.04. The monoisotopic (exact) mass is 282 g/mol. The molecule has 1 N–H and O–H groups in total. The molecule has 2 aromatic carbocycles. The normalized spacial score (nSPS) is 13.2. The van der Waals surface area contributed by atoms with Crippen LogP contribution in [0.4, 0.5) is 5.69 Å². The third kappa shape index (κ3) is 2.50. The quantitative estimate of drug-likeness (QED) is 0.941. The molecule has 0 fully saturated rings. The lowest BCUT2D eigenvalue weighted by molar-refractivity contribution is 0.0987. The molecule has 21 heavy (non-hydrogen) atoms. The van der Waals surface area contributed by atoms with Crippen molar-refractivity contribution in [2.24, 2.45) is 0 Å². The zero-order valence-electron chi connectivity index (χ0n) is 12.2. The van der Waals surface area contributed by atoms with E-state index in [1.807, 2.05) is 56.4 Å². The van der Waals surface area contributed by atoms with Crippen LogP contribution in [-0.4, -0.2) is 26.0 Å². The van der Waals surface area contributed by atoms with Crippen LogP contribution in [0.25, 0.3) is 0 Å². The molecule has 0 saturated heterocycles. The van der Waals surface area contributed by atoms with Gasteiger partial charge in [0.1, 0.15) is 5.75 Å². The fourth-order valence-corrected chi connectivity index (χ4v) is 2.48. The number of ether oxygens (including phenoxy) is 1. The minimum atomic E-state index is -0.0230. The molecule has 0 spiro atoms. The van der Waals surface area contributed by atoms with Gasteiger partial charge in [-0.05, 0) is 43.8 Å². The van der Waals surface area contributed by atoms with E-state index in [-0.39, 0.29) is 5.91 Å². The van der Waals surface area contributed by atoms with Crippen LogP contribution >= 0.6 is 0 Å². The second-order valence-electron chi connectivity index (χ2n) is 5.13. The number of hydrogen-bond acceptors (Lipinski definition) is 3. The van der Waals surface area contributed by atoms with Crippen LogP contribution in [0.2, 0.25) is 0 Å². The van der Waals surface area contributed by atoms with Gasteiger partial charge in [0.2, 0.25) is 0 Å². The number of amides is 1. The first-order chi connectivity index (χ1) is 10.2. The molecule has 0 unspecified atom stereocenters. The fraction of sp³-hybridized carbons (Fsp3) is 0.235. The number of hydrogen-bond donors (Lipinski definition) is 1. The van der Waals surface area contributed by atoms with E-state index >= 15 is 0 Å². The molecule has 0 aliphatic carbocycles. The van der Waals surface area contributed by atoms with Crippen molar-refractivity contribution in [3.63, 3.8) is 0 Å². The summed E-state index contributed by atoms with van der Waals surface area (Å²) in [5.74, 6) is 1.31. The number of carbonyl (C=O) groups excluding carboxylic acids is 1. The summed E-state index contributed by atoms with van der Waals surface area (Å²) in [6, 6.07) is 13.3. The summed E-state index contributed by atoms with van der Waals surface area (Å²) in [6.45, 7) is 3.34. The number of anilines is 1. The molecular formula is C17H18N2O2. The van der Waals surface area contributed by atoms with Gasteiger partial charge in [-0.15, -0.1) is 0 Å². The molecule has 4 heteroatoms. The molecule has 108 valence electrons. The average Bonchev–Trinajstić information content (AvgIpc) is 2.60. The van der Waals surface area contributed by atoms with Gasteiger partial charge < -0.3 is 15.0 Å². The third-order valence-corrected chi connectivity index (χ3v) is 3.57. The molecule has 3 rings (SSSR count). The van der Waals surface area contributed by atoms with E-state index in [4.69, 9.17) is 4.74 Å². The van der Waals surface area contributed by atoms with Gasteiger partial charge in [0.05, 0.1) is 11.3 Å². The highest BCUT2D eigenvalue weighted by Crippen LogP contribution is 2.39. The number of carbonyl (C=O) groups is 1. The lowest BCUT2D eigenvalue weighted by atomic mass is 10.1. The molecule has 0 saturated carbocycles. The van der Waals surface area contributed by atoms with Crippen molar-refractivity contribution in [3.8, 4) is 11.5 Å². The second kappa shape index (κ2) is 5.58. The van der Waals surface area contributed by atoms with Crippen LogP contribution in [0, 0.1) is 6.92 Å². The number of rotatable bonds is 3. The largest absolute Gasteiger partial charge is 0.454 e. The minimum absolute atomic E-state index is 0.0230. The zero-order chi connectivity index (χ0) is 14.8. The lowest BCUT2D eigenvalue weighted by Crippen LogP contribution is -2.35. The van der Waals surface area contributed by atoms with E-state index in [9.17, 15) is 4.79 Å². The molecule has 0 radical (unpaired) electrons. The van der Waals surface area contributed by atoms with E-state index in [0.717, 1.165) is 23.5 Å². The number of aryl methyl sites for hydroxylation is 1. The molecule has 1 heterocycles. The van der Waals surface area contributed by atoms with Gasteiger partial charge in [-0.2, -0.15) is 0 Å². The number of likely N-dealkylation sites (N-methyl/N-ethyl adjacent to an activating group) is 1. The number of fused-ring (bicyclic) bond motifs is 2. The SMILES string of the molecule is CNCCN1C(=O)c2ccccc2Oc2ccc(C)cc21. The highest BCUT2D eigenvalue weighted by molar-refractivity contribution is 6.09. The maximum absolute atomic E-state index is 12.8. The van der Waals surface area contributed by atoms with Crippen molar-refractivity contribution in [2.75, 3.05) is 25.0 Å². The van der Waals surface area contributed by atoms with Crippen molar-refractivity contribution < 1.29 is 9.53 Å². The maximum Gasteiger partial charge on any atom is 0.262 e. The molecule has 1 aliphatic rings. The minimum Gasteiger partial charge on any atom is -0.454 e. The molecule has 1 amide bonds. The number of para-hydroxylation sites is 1. The fourth-order valence-electron chi connectivity index (χ4n) is 2.48. The summed E-state index contributed by atoms with van der Waals surface area (Å²) in [4.78, 5) is 14.6. The van der Waals surface area contributed by atoms with Gasteiger partial charge in [0.25, 0.3) is 5.91 Å². The highest BCUT2D eigenvalue weighted by Gasteiger charge is 2.27. The Balaban J connectivity index is 2.14. The van der Waals surface area contributed by atoms with Crippen LogP contribution < -0.4 is 15.0 Å². The van der Waals surface area contributed by atoms with Crippen molar-refractivity contribution >= 4 is 11.6 Å². The number of nitrogens with zero attached hydrogens (tertiary/aromatic N) is 1. The summed E-state index contributed by atoms with van der Waals surface area (Å²) in [5.41, 5.74) is 2.53. The Morgan fingerprint density at radius 2 is 1.95 bits per heavy atom. The standard InChI is InChI=1S/C17H18N2O2/c1-12-7-8-16-14(11-12)19(10-9-18-2)17(20)13-5-3-4-6-15(13)21-16/h3-8,11,18H,9-10H2,1-2H3. The maximum atomic E-state index is 12.8. The Hall–Kier alpha value is -2.33. The Bertz CT molecular complexity index is 682. The Morgan fingerprint density at radius 1 is 1.14 bits per heavy atom. The summed E-state index contributed by atoms with van der Waals surface area (Å²) in [7, 11) is 1.88. The van der Waals surface area contributed by atoms with Crippen molar-refractivity contribution in [2.45, 2.75) is 6.92 Å². The summed E-state index contributed by atoms with van der Waals surface area (Å²) >= 11 is 0. The van der Waals surface area contributed by atoms with Crippen LogP contribution in [0.1, 0.15) is 15.9 Å². The Labute approximate surface area is 124 Å². The van der Waals surface area contributed by atoms with Crippen molar-refractivity contribution in [3.05, 3.63) is 53.6 Å². The van der Waals surface area contributed by atoms with Crippen LogP contribution in [0.5, 0.6) is 11.5 Å². The van der Waals surface area contributed by atoms with Gasteiger partial charge in [0.15, 0.2) is 5.75 Å². The van der Waals surface area contributed by atoms with Gasteiger partial charge in [0, 0.05) is 13.1 Å². The topological polar surface area (TPSA) is 41.6 Å². The molecule has 1 aliphatic heterocycles. The summed E-state index contributed by atoms with van der Waals surface area (Å²) < 4.78 is 5.96. The molecule has 2 aromatic rings. The zero-order valence-corrected chi connectivity index (χ0v) is 12.2. The van der Waals surface area contributed by atoms with Gasteiger partial charge in [-0.3, -0.25) is 4.79 Å². The smallest absolute Gasteiger partial charge is 0.262 e. The third-order valence-electron chi connectivity index (χ3n) is 3.57. The van der Waals surface area contributed by atoms with Crippen molar-refractivity contribution in [1.29, 1.82) is 0 Å². The van der Waals surface area contributed by atoms with E-state index in [1.54, 1.807) is 4.90 Å². The van der Waals surface area contributed by atoms with Crippen LogP contribution in [0.3, 0.4) is 0 Å². The lowest BCUT2D eigenvalue weighted by Gasteiger charge is -2.22. The molecule has 0 aromatic heterocycles. The van der Waals surface area contributed by atoms with E-state index < -0.39 is 0 Å². The van der Waals surface area contributed by atoms with E-state index in [1.165, 1.54) is 0 Å². The predicted octanol–water partition coefficient (Wildman–Crippen LogP) is 2.97. The Kier molecular flexibility index (Phi) is 3.62. The molecular weight excluding hydrogens is 264 g/mol. The van der Waals surface area contributed by atoms with E-state index in [2.05, 4.69) is 5.32 Å². The van der Waals surface area contributed by atoms with Crippen molar-refractivity contribution in [1.82, 2.24) is 5.32 Å².